The van der Waals surface area contributed by atoms with Gasteiger partial charge in [0.2, 0.25) is 5.91 Å². The number of carbonyl (C=O) groups is 1. The Morgan fingerprint density at radius 3 is 2.33 bits per heavy atom. The molecule has 5 atom stereocenters. The summed E-state index contributed by atoms with van der Waals surface area (Å²) in [6.45, 7) is 3.49. The van der Waals surface area contributed by atoms with Gasteiger partial charge in [0.15, 0.2) is 0 Å². The zero-order valence-corrected chi connectivity index (χ0v) is 14.1. The van der Waals surface area contributed by atoms with E-state index in [-0.39, 0.29) is 19.1 Å². The van der Waals surface area contributed by atoms with E-state index in [0.717, 1.165) is 0 Å². The van der Waals surface area contributed by atoms with E-state index in [2.05, 4.69) is 5.32 Å². The molecule has 0 heterocycles. The Morgan fingerprint density at radius 1 is 1.12 bits per heavy atom. The molecule has 0 aliphatic heterocycles. The van der Waals surface area contributed by atoms with Crippen molar-refractivity contribution in [2.75, 3.05) is 46.2 Å². The Kier molecular flexibility index (Phi) is 10.3. The third-order valence-electron chi connectivity index (χ3n) is 3.93. The van der Waals surface area contributed by atoms with Crippen molar-refractivity contribution in [1.82, 2.24) is 5.32 Å². The molecule has 0 aromatic carbocycles. The number of hydrogen-bond acceptors (Lipinski definition) is 8. The quantitative estimate of drug-likeness (QED) is 0.260. The maximum Gasteiger partial charge on any atom is 0.217 e. The van der Waals surface area contributed by atoms with Crippen molar-refractivity contribution in [3.8, 4) is 0 Å². The zero-order valence-electron chi connectivity index (χ0n) is 14.1. The molecule has 1 rings (SSSR count). The van der Waals surface area contributed by atoms with Crippen LogP contribution in [0.5, 0.6) is 0 Å². The lowest BCUT2D eigenvalue weighted by molar-refractivity contribution is -0.145. The van der Waals surface area contributed by atoms with Crippen LogP contribution in [0, 0.1) is 5.92 Å². The summed E-state index contributed by atoms with van der Waals surface area (Å²) in [5.74, 6) is -0.823. The highest BCUT2D eigenvalue weighted by molar-refractivity contribution is 5.73. The Hall–Kier alpha value is -0.810. The van der Waals surface area contributed by atoms with Crippen molar-refractivity contribution in [3.63, 3.8) is 0 Å². The van der Waals surface area contributed by atoms with Gasteiger partial charge in [-0.15, -0.1) is 0 Å². The van der Waals surface area contributed by atoms with Crippen LogP contribution in [0.4, 0.5) is 0 Å². The van der Waals surface area contributed by atoms with Crippen LogP contribution < -0.4 is 11.1 Å². The van der Waals surface area contributed by atoms with Gasteiger partial charge in [0.05, 0.1) is 51.3 Å². The molecule has 6 N–H and O–H groups in total. The number of carbonyl (C=O) groups excluding carboxylic acids is 1. The molecule has 5 unspecified atom stereocenters. The molecule has 24 heavy (non-hydrogen) atoms. The fourth-order valence-corrected chi connectivity index (χ4v) is 2.73. The molecule has 1 saturated carbocycles. The standard InChI is InChI=1S/C15H30N2O7/c1-10(19)17-13-12(8-11(9-18)14(20)15(13)21)24-7-6-23-5-4-22-3-2-16/h11-15,18,20-21H,2-9,16H2,1H3,(H,17,19). The predicted molar refractivity (Wildman–Crippen MR) is 85.2 cm³/mol. The first-order valence-corrected chi connectivity index (χ1v) is 8.22. The van der Waals surface area contributed by atoms with Crippen molar-refractivity contribution in [1.29, 1.82) is 0 Å². The number of rotatable bonds is 11. The first-order valence-electron chi connectivity index (χ1n) is 8.22. The van der Waals surface area contributed by atoms with Crippen LogP contribution in [0.2, 0.25) is 0 Å². The first kappa shape index (κ1) is 21.2. The lowest BCUT2D eigenvalue weighted by Crippen LogP contribution is -2.61. The molecule has 0 saturated heterocycles. The molecule has 0 spiro atoms. The van der Waals surface area contributed by atoms with Crippen molar-refractivity contribution in [2.24, 2.45) is 11.7 Å². The van der Waals surface area contributed by atoms with Crippen molar-refractivity contribution < 1.29 is 34.3 Å². The highest BCUT2D eigenvalue weighted by Gasteiger charge is 2.44. The average molecular weight is 350 g/mol. The van der Waals surface area contributed by atoms with E-state index in [1.54, 1.807) is 0 Å². The van der Waals surface area contributed by atoms with E-state index in [9.17, 15) is 20.1 Å². The minimum Gasteiger partial charge on any atom is -0.396 e. The fourth-order valence-electron chi connectivity index (χ4n) is 2.73. The topological polar surface area (TPSA) is 144 Å². The van der Waals surface area contributed by atoms with E-state index in [1.165, 1.54) is 6.92 Å². The second-order valence-corrected chi connectivity index (χ2v) is 5.81. The van der Waals surface area contributed by atoms with Gasteiger partial charge >= 0.3 is 0 Å². The van der Waals surface area contributed by atoms with Gasteiger partial charge in [-0.3, -0.25) is 4.79 Å². The number of nitrogens with one attached hydrogen (secondary N) is 1. The van der Waals surface area contributed by atoms with E-state index in [1.807, 2.05) is 0 Å². The second-order valence-electron chi connectivity index (χ2n) is 5.81. The summed E-state index contributed by atoms with van der Waals surface area (Å²) < 4.78 is 16.2. The maximum absolute atomic E-state index is 11.3. The Labute approximate surface area is 142 Å². The second kappa shape index (κ2) is 11.7. The molecular formula is C15H30N2O7. The molecule has 1 amide bonds. The summed E-state index contributed by atoms with van der Waals surface area (Å²) in [6, 6.07) is -0.729. The summed E-state index contributed by atoms with van der Waals surface area (Å²) in [5, 5.41) is 32.1. The van der Waals surface area contributed by atoms with Gasteiger partial charge in [0.1, 0.15) is 6.10 Å². The van der Waals surface area contributed by atoms with Crippen LogP contribution in [0.25, 0.3) is 0 Å². The Morgan fingerprint density at radius 2 is 1.75 bits per heavy atom. The molecule has 142 valence electrons. The van der Waals surface area contributed by atoms with Gasteiger partial charge in [-0.05, 0) is 6.42 Å². The molecule has 9 heteroatoms. The van der Waals surface area contributed by atoms with Crippen LogP contribution in [0.15, 0.2) is 0 Å². The van der Waals surface area contributed by atoms with Gasteiger partial charge in [-0.1, -0.05) is 0 Å². The van der Waals surface area contributed by atoms with Gasteiger partial charge in [-0.25, -0.2) is 0 Å². The highest BCUT2D eigenvalue weighted by atomic mass is 16.5. The van der Waals surface area contributed by atoms with E-state index < -0.39 is 30.3 Å². The number of aliphatic hydroxyl groups is 3. The van der Waals surface area contributed by atoms with Crippen molar-refractivity contribution >= 4 is 5.91 Å². The first-order chi connectivity index (χ1) is 11.5. The SMILES string of the molecule is CC(=O)NC1C(OCCOCCOCCN)CC(CO)C(O)C1O. The molecule has 9 nitrogen and oxygen atoms in total. The van der Waals surface area contributed by atoms with Crippen molar-refractivity contribution in [2.45, 2.75) is 37.7 Å². The fraction of sp³-hybridized carbons (Fsp3) is 0.933. The number of hydrogen-bond donors (Lipinski definition) is 5. The summed E-state index contributed by atoms with van der Waals surface area (Å²) in [6.07, 6.45) is -2.49. The van der Waals surface area contributed by atoms with Crippen LogP contribution in [-0.2, 0) is 19.0 Å². The summed E-state index contributed by atoms with van der Waals surface area (Å²) in [7, 11) is 0. The minimum absolute atomic E-state index is 0.263. The Bertz CT molecular complexity index is 359. The van der Waals surface area contributed by atoms with Crippen LogP contribution in [0.1, 0.15) is 13.3 Å². The number of nitrogens with two attached hydrogens (primary N) is 1. The van der Waals surface area contributed by atoms with Crippen LogP contribution in [-0.4, -0.2) is 91.8 Å². The molecule has 0 radical (unpaired) electrons. The molecule has 0 aromatic rings. The normalized spacial score (nSPS) is 30.3. The average Bonchev–Trinajstić information content (AvgIpc) is 2.55. The molecule has 1 aliphatic carbocycles. The highest BCUT2D eigenvalue weighted by Crippen LogP contribution is 2.27. The van der Waals surface area contributed by atoms with Gasteiger partial charge < -0.3 is 40.6 Å². The van der Waals surface area contributed by atoms with Crippen LogP contribution in [0.3, 0.4) is 0 Å². The third kappa shape index (κ3) is 6.98. The van der Waals surface area contributed by atoms with Gasteiger partial charge in [-0.2, -0.15) is 0 Å². The van der Waals surface area contributed by atoms with E-state index in [0.29, 0.717) is 39.4 Å². The maximum atomic E-state index is 11.3. The molecule has 0 aromatic heterocycles. The van der Waals surface area contributed by atoms with E-state index in [4.69, 9.17) is 19.9 Å². The lowest BCUT2D eigenvalue weighted by atomic mass is 9.79. The molecular weight excluding hydrogens is 320 g/mol. The monoisotopic (exact) mass is 350 g/mol. The number of aliphatic hydroxyl groups excluding tert-OH is 3. The zero-order chi connectivity index (χ0) is 17.9. The van der Waals surface area contributed by atoms with Gasteiger partial charge in [0, 0.05) is 26.0 Å². The smallest absolute Gasteiger partial charge is 0.217 e. The van der Waals surface area contributed by atoms with Gasteiger partial charge in [0.25, 0.3) is 0 Å². The summed E-state index contributed by atoms with van der Waals surface area (Å²) >= 11 is 0. The lowest BCUT2D eigenvalue weighted by Gasteiger charge is -2.42. The molecule has 1 fully saturated rings. The van der Waals surface area contributed by atoms with Crippen molar-refractivity contribution in [3.05, 3.63) is 0 Å². The number of amides is 1. The molecule has 0 bridgehead atoms. The van der Waals surface area contributed by atoms with Crippen LogP contribution >= 0.6 is 0 Å². The minimum atomic E-state index is -1.20. The predicted octanol–water partition coefficient (Wildman–Crippen LogP) is -2.40. The molecule has 1 aliphatic rings. The summed E-state index contributed by atoms with van der Waals surface area (Å²) in [5.41, 5.74) is 5.29. The number of ether oxygens (including phenoxy) is 3. The third-order valence-corrected chi connectivity index (χ3v) is 3.93. The largest absolute Gasteiger partial charge is 0.396 e. The Balaban J connectivity index is 2.39. The summed E-state index contributed by atoms with van der Waals surface area (Å²) in [4.78, 5) is 11.3. The van der Waals surface area contributed by atoms with E-state index >= 15 is 0 Å².